The average Bonchev–Trinajstić information content (AvgIpc) is 2.93. The average molecular weight is 385 g/mol. The summed E-state index contributed by atoms with van der Waals surface area (Å²) in [7, 11) is -3.73. The van der Waals surface area contributed by atoms with Gasteiger partial charge in [-0.25, -0.2) is 27.3 Å². The van der Waals surface area contributed by atoms with E-state index < -0.39 is 21.7 Å². The SMILES string of the molecule is NS(=O)(=O)c1ccc(OCCSc2nc3cc(F)c(F)cc3[nH]2)cc1. The van der Waals surface area contributed by atoms with Gasteiger partial charge < -0.3 is 9.72 Å². The molecule has 0 fully saturated rings. The first kappa shape index (κ1) is 17.6. The van der Waals surface area contributed by atoms with Crippen molar-refractivity contribution in [2.45, 2.75) is 10.1 Å². The summed E-state index contributed by atoms with van der Waals surface area (Å²) in [6.07, 6.45) is 0. The van der Waals surface area contributed by atoms with Crippen LogP contribution in [-0.4, -0.2) is 30.7 Å². The number of fused-ring (bicyclic) bond motifs is 1. The predicted octanol–water partition coefficient (Wildman–Crippen LogP) is 2.66. The van der Waals surface area contributed by atoms with Crippen molar-refractivity contribution in [3.8, 4) is 5.75 Å². The van der Waals surface area contributed by atoms with E-state index in [4.69, 9.17) is 9.88 Å². The molecule has 0 aliphatic carbocycles. The van der Waals surface area contributed by atoms with E-state index in [2.05, 4.69) is 9.97 Å². The Morgan fingerprint density at radius 2 is 1.84 bits per heavy atom. The van der Waals surface area contributed by atoms with Crippen molar-refractivity contribution < 1.29 is 21.9 Å². The van der Waals surface area contributed by atoms with Gasteiger partial charge >= 0.3 is 0 Å². The number of hydrogen-bond donors (Lipinski definition) is 2. The van der Waals surface area contributed by atoms with Crippen LogP contribution in [0.4, 0.5) is 8.78 Å². The van der Waals surface area contributed by atoms with Gasteiger partial charge in [0.1, 0.15) is 5.75 Å². The molecule has 0 aliphatic heterocycles. The number of sulfonamides is 1. The lowest BCUT2D eigenvalue weighted by Gasteiger charge is -2.05. The fraction of sp³-hybridized carbons (Fsp3) is 0.133. The molecule has 0 atom stereocenters. The molecule has 3 aromatic rings. The molecule has 0 saturated heterocycles. The number of hydrogen-bond acceptors (Lipinski definition) is 5. The van der Waals surface area contributed by atoms with Crippen LogP contribution in [-0.2, 0) is 10.0 Å². The molecule has 2 aromatic carbocycles. The first-order chi connectivity index (χ1) is 11.8. The Labute approximate surface area is 146 Å². The number of nitrogens with one attached hydrogen (secondary N) is 1. The molecule has 1 heterocycles. The molecule has 0 unspecified atom stereocenters. The van der Waals surface area contributed by atoms with E-state index in [1.165, 1.54) is 36.0 Å². The third kappa shape index (κ3) is 4.27. The first-order valence-electron chi connectivity index (χ1n) is 7.06. The topological polar surface area (TPSA) is 98.1 Å². The van der Waals surface area contributed by atoms with Crippen molar-refractivity contribution in [2.24, 2.45) is 5.14 Å². The van der Waals surface area contributed by atoms with Crippen LogP contribution in [0.5, 0.6) is 5.75 Å². The summed E-state index contributed by atoms with van der Waals surface area (Å²) < 4.78 is 54.1. The third-order valence-electron chi connectivity index (χ3n) is 3.25. The highest BCUT2D eigenvalue weighted by Crippen LogP contribution is 2.22. The lowest BCUT2D eigenvalue weighted by atomic mass is 10.3. The third-order valence-corrected chi connectivity index (χ3v) is 5.01. The number of imidazole rings is 1. The number of rotatable bonds is 6. The van der Waals surface area contributed by atoms with Crippen molar-refractivity contribution in [3.05, 3.63) is 48.0 Å². The first-order valence-corrected chi connectivity index (χ1v) is 9.59. The Balaban J connectivity index is 1.55. The number of halogens is 2. The normalized spacial score (nSPS) is 11.8. The molecule has 0 aliphatic rings. The smallest absolute Gasteiger partial charge is 0.238 e. The summed E-state index contributed by atoms with van der Waals surface area (Å²) in [5.41, 5.74) is 0.766. The van der Waals surface area contributed by atoms with Gasteiger partial charge in [-0.05, 0) is 24.3 Å². The lowest BCUT2D eigenvalue weighted by molar-refractivity contribution is 0.343. The molecule has 0 bridgehead atoms. The van der Waals surface area contributed by atoms with E-state index in [9.17, 15) is 17.2 Å². The number of benzene rings is 2. The molecule has 3 rings (SSSR count). The minimum atomic E-state index is -3.73. The van der Waals surface area contributed by atoms with Crippen molar-refractivity contribution in [1.29, 1.82) is 0 Å². The maximum Gasteiger partial charge on any atom is 0.238 e. The Hall–Kier alpha value is -2.17. The molecule has 0 amide bonds. The molecule has 3 N–H and O–H groups in total. The largest absolute Gasteiger partial charge is 0.493 e. The zero-order valence-electron chi connectivity index (χ0n) is 12.7. The number of ether oxygens (including phenoxy) is 1. The highest BCUT2D eigenvalue weighted by molar-refractivity contribution is 7.99. The number of primary sulfonamides is 1. The van der Waals surface area contributed by atoms with Gasteiger partial charge in [-0.3, -0.25) is 0 Å². The second kappa shape index (κ2) is 6.98. The van der Waals surface area contributed by atoms with E-state index in [1.54, 1.807) is 0 Å². The van der Waals surface area contributed by atoms with Crippen LogP contribution in [0, 0.1) is 11.6 Å². The van der Waals surface area contributed by atoms with E-state index in [1.807, 2.05) is 0 Å². The maximum absolute atomic E-state index is 13.2. The highest BCUT2D eigenvalue weighted by atomic mass is 32.2. The van der Waals surface area contributed by atoms with Crippen molar-refractivity contribution in [3.63, 3.8) is 0 Å². The number of nitrogens with two attached hydrogens (primary N) is 1. The molecule has 6 nitrogen and oxygen atoms in total. The minimum Gasteiger partial charge on any atom is -0.493 e. The van der Waals surface area contributed by atoms with Crippen molar-refractivity contribution in [2.75, 3.05) is 12.4 Å². The molecule has 0 spiro atoms. The summed E-state index contributed by atoms with van der Waals surface area (Å²) in [6, 6.07) is 7.84. The number of H-pyrrole nitrogens is 1. The molecular formula is C15H13F2N3O3S2. The van der Waals surface area contributed by atoms with Gasteiger partial charge in [0.05, 0.1) is 22.5 Å². The van der Waals surface area contributed by atoms with Gasteiger partial charge in [0.15, 0.2) is 16.8 Å². The molecule has 0 radical (unpaired) electrons. The van der Waals surface area contributed by atoms with Gasteiger partial charge in [0, 0.05) is 17.9 Å². The van der Waals surface area contributed by atoms with Gasteiger partial charge in [-0.15, -0.1) is 0 Å². The van der Waals surface area contributed by atoms with Gasteiger partial charge in [-0.2, -0.15) is 0 Å². The number of aromatic nitrogens is 2. The number of aromatic amines is 1. The monoisotopic (exact) mass is 385 g/mol. The standard InChI is InChI=1S/C15H13F2N3O3S2/c16-11-7-13-14(8-12(11)17)20-15(19-13)24-6-5-23-9-1-3-10(4-2-9)25(18,21)22/h1-4,7-8H,5-6H2,(H,19,20)(H2,18,21,22). The Morgan fingerprint density at radius 1 is 1.16 bits per heavy atom. The molecule has 1 aromatic heterocycles. The summed E-state index contributed by atoms with van der Waals surface area (Å²) >= 11 is 1.33. The second-order valence-electron chi connectivity index (χ2n) is 5.04. The fourth-order valence-corrected chi connectivity index (χ4v) is 3.29. The van der Waals surface area contributed by atoms with Crippen molar-refractivity contribution in [1.82, 2.24) is 9.97 Å². The summed E-state index contributed by atoms with van der Waals surface area (Å²) in [5, 5.41) is 5.54. The maximum atomic E-state index is 13.2. The van der Waals surface area contributed by atoms with Crippen LogP contribution < -0.4 is 9.88 Å². The van der Waals surface area contributed by atoms with E-state index in [-0.39, 0.29) is 4.90 Å². The van der Waals surface area contributed by atoms with Crippen molar-refractivity contribution >= 4 is 32.8 Å². The van der Waals surface area contributed by atoms with Crippen LogP contribution in [0.15, 0.2) is 46.5 Å². The van der Waals surface area contributed by atoms with Gasteiger partial charge in [0.25, 0.3) is 0 Å². The second-order valence-corrected chi connectivity index (χ2v) is 7.68. The minimum absolute atomic E-state index is 0.0102. The Bertz CT molecular complexity index is 966. The van der Waals surface area contributed by atoms with Crippen LogP contribution in [0.25, 0.3) is 11.0 Å². The van der Waals surface area contributed by atoms with E-state index >= 15 is 0 Å². The predicted molar refractivity (Wildman–Crippen MR) is 90.0 cm³/mol. The van der Waals surface area contributed by atoms with E-state index in [0.29, 0.717) is 34.3 Å². The summed E-state index contributed by atoms with van der Waals surface area (Å²) in [6.45, 7) is 0.332. The fourth-order valence-electron chi connectivity index (χ4n) is 2.07. The highest BCUT2D eigenvalue weighted by Gasteiger charge is 2.09. The van der Waals surface area contributed by atoms with Crippen LogP contribution in [0.1, 0.15) is 0 Å². The molecule has 0 saturated carbocycles. The lowest BCUT2D eigenvalue weighted by Crippen LogP contribution is -2.11. The molecule has 10 heteroatoms. The summed E-state index contributed by atoms with van der Waals surface area (Å²) in [5.74, 6) is -0.843. The number of nitrogens with zero attached hydrogens (tertiary/aromatic N) is 1. The zero-order valence-corrected chi connectivity index (χ0v) is 14.3. The number of thioether (sulfide) groups is 1. The molecule has 25 heavy (non-hydrogen) atoms. The Kier molecular flexibility index (Phi) is 4.93. The quantitative estimate of drug-likeness (QED) is 0.502. The molecule has 132 valence electrons. The van der Waals surface area contributed by atoms with Crippen LogP contribution in [0.3, 0.4) is 0 Å². The van der Waals surface area contributed by atoms with Gasteiger partial charge in [0.2, 0.25) is 10.0 Å². The molecular weight excluding hydrogens is 372 g/mol. The summed E-state index contributed by atoms with van der Waals surface area (Å²) in [4.78, 5) is 7.07. The van der Waals surface area contributed by atoms with Crippen LogP contribution >= 0.6 is 11.8 Å². The zero-order chi connectivity index (χ0) is 18.0. The van der Waals surface area contributed by atoms with Gasteiger partial charge in [-0.1, -0.05) is 11.8 Å². The van der Waals surface area contributed by atoms with Crippen LogP contribution in [0.2, 0.25) is 0 Å². The van der Waals surface area contributed by atoms with E-state index in [0.717, 1.165) is 12.1 Å². The Morgan fingerprint density at radius 3 is 2.52 bits per heavy atom.